The van der Waals surface area contributed by atoms with Gasteiger partial charge in [-0.05, 0) is 41.3 Å². The summed E-state index contributed by atoms with van der Waals surface area (Å²) in [7, 11) is 0. The van der Waals surface area contributed by atoms with E-state index in [2.05, 4.69) is 98.1 Å². The number of rotatable bonds is 1. The molecule has 0 atom stereocenters. The van der Waals surface area contributed by atoms with Crippen LogP contribution in [0, 0.1) is 0 Å². The Hall–Kier alpha value is -2.54. The number of aromatic nitrogens is 1. The third kappa shape index (κ3) is 2.24. The first kappa shape index (κ1) is 14.1. The first-order valence-electron chi connectivity index (χ1n) is 8.15. The standard InChI is InChI=1S/C22H21N/c1-22(2,3)16-13-14-21-19(15-16)18-11-7-8-12-20(18)23(21)17-9-5-4-6-10-17/h4-15H,1-3H3. The predicted octanol–water partition coefficient (Wildman–Crippen LogP) is 6.08. The molecule has 3 aromatic carbocycles. The van der Waals surface area contributed by atoms with Crippen LogP contribution in [0.5, 0.6) is 0 Å². The number of benzene rings is 3. The molecule has 0 saturated heterocycles. The van der Waals surface area contributed by atoms with E-state index >= 15 is 0 Å². The van der Waals surface area contributed by atoms with Crippen molar-refractivity contribution in [1.29, 1.82) is 0 Å². The van der Waals surface area contributed by atoms with Crippen molar-refractivity contribution in [3.63, 3.8) is 0 Å². The predicted molar refractivity (Wildman–Crippen MR) is 99.5 cm³/mol. The molecule has 1 heteroatoms. The summed E-state index contributed by atoms with van der Waals surface area (Å²) in [4.78, 5) is 0. The molecule has 0 saturated carbocycles. The van der Waals surface area contributed by atoms with Crippen LogP contribution in [0.4, 0.5) is 0 Å². The van der Waals surface area contributed by atoms with E-state index in [0.29, 0.717) is 0 Å². The van der Waals surface area contributed by atoms with E-state index < -0.39 is 0 Å². The molecule has 0 aliphatic carbocycles. The van der Waals surface area contributed by atoms with Crippen molar-refractivity contribution in [2.45, 2.75) is 26.2 Å². The van der Waals surface area contributed by atoms with Crippen molar-refractivity contribution >= 4 is 21.8 Å². The zero-order valence-corrected chi connectivity index (χ0v) is 13.9. The van der Waals surface area contributed by atoms with Crippen LogP contribution in [-0.4, -0.2) is 4.57 Å². The highest BCUT2D eigenvalue weighted by molar-refractivity contribution is 6.09. The molecule has 1 aromatic heterocycles. The second kappa shape index (κ2) is 4.99. The summed E-state index contributed by atoms with van der Waals surface area (Å²) in [5.74, 6) is 0. The summed E-state index contributed by atoms with van der Waals surface area (Å²) in [5.41, 5.74) is 5.28. The highest BCUT2D eigenvalue weighted by Crippen LogP contribution is 2.34. The summed E-state index contributed by atoms with van der Waals surface area (Å²) >= 11 is 0. The fourth-order valence-corrected chi connectivity index (χ4v) is 3.29. The maximum atomic E-state index is 2.36. The van der Waals surface area contributed by atoms with Crippen molar-refractivity contribution in [2.24, 2.45) is 0 Å². The SMILES string of the molecule is CC(C)(C)c1ccc2c(c1)c1ccccc1n2-c1ccccc1. The Morgan fingerprint density at radius 3 is 2.04 bits per heavy atom. The number of nitrogens with zero attached hydrogens (tertiary/aromatic N) is 1. The van der Waals surface area contributed by atoms with Crippen LogP contribution in [-0.2, 0) is 5.41 Å². The molecule has 0 radical (unpaired) electrons. The third-order valence-electron chi connectivity index (χ3n) is 4.55. The molecule has 1 nitrogen and oxygen atoms in total. The molecule has 23 heavy (non-hydrogen) atoms. The van der Waals surface area contributed by atoms with Crippen LogP contribution in [0.3, 0.4) is 0 Å². The van der Waals surface area contributed by atoms with Gasteiger partial charge in [0.1, 0.15) is 0 Å². The molecule has 0 fully saturated rings. The average Bonchev–Trinajstić information content (AvgIpc) is 2.88. The average molecular weight is 299 g/mol. The van der Waals surface area contributed by atoms with Crippen molar-refractivity contribution in [2.75, 3.05) is 0 Å². The van der Waals surface area contributed by atoms with Crippen molar-refractivity contribution in [1.82, 2.24) is 4.57 Å². The van der Waals surface area contributed by atoms with E-state index in [0.717, 1.165) is 0 Å². The Kier molecular flexibility index (Phi) is 3.05. The molecular weight excluding hydrogens is 278 g/mol. The third-order valence-corrected chi connectivity index (χ3v) is 4.55. The highest BCUT2D eigenvalue weighted by atomic mass is 15.0. The van der Waals surface area contributed by atoms with E-state index in [-0.39, 0.29) is 5.41 Å². The Labute approximate surface area is 137 Å². The molecule has 1 heterocycles. The van der Waals surface area contributed by atoms with E-state index in [1.54, 1.807) is 0 Å². The number of hydrogen-bond donors (Lipinski definition) is 0. The maximum absolute atomic E-state index is 2.36. The Morgan fingerprint density at radius 2 is 1.30 bits per heavy atom. The number of fused-ring (bicyclic) bond motifs is 3. The molecule has 4 rings (SSSR count). The number of hydrogen-bond acceptors (Lipinski definition) is 0. The highest BCUT2D eigenvalue weighted by Gasteiger charge is 2.17. The van der Waals surface area contributed by atoms with Gasteiger partial charge in [0, 0.05) is 16.5 Å². The Balaban J connectivity index is 2.13. The Morgan fingerprint density at radius 1 is 0.652 bits per heavy atom. The van der Waals surface area contributed by atoms with E-state index in [1.807, 2.05) is 0 Å². The van der Waals surface area contributed by atoms with Crippen LogP contribution >= 0.6 is 0 Å². The molecule has 0 spiro atoms. The minimum absolute atomic E-state index is 0.157. The lowest BCUT2D eigenvalue weighted by atomic mass is 9.86. The normalized spacial score (nSPS) is 12.1. The van der Waals surface area contributed by atoms with Crippen LogP contribution in [0.1, 0.15) is 26.3 Å². The maximum Gasteiger partial charge on any atom is 0.0541 e. The molecule has 0 N–H and O–H groups in total. The van der Waals surface area contributed by atoms with Gasteiger partial charge in [-0.15, -0.1) is 0 Å². The smallest absolute Gasteiger partial charge is 0.0541 e. The molecule has 114 valence electrons. The van der Waals surface area contributed by atoms with Gasteiger partial charge in [0.25, 0.3) is 0 Å². The van der Waals surface area contributed by atoms with Crippen LogP contribution < -0.4 is 0 Å². The summed E-state index contributed by atoms with van der Waals surface area (Å²) in [6, 6.07) is 26.2. The fourth-order valence-electron chi connectivity index (χ4n) is 3.29. The zero-order chi connectivity index (χ0) is 16.0. The molecule has 0 aliphatic rings. The van der Waals surface area contributed by atoms with Crippen LogP contribution in [0.25, 0.3) is 27.5 Å². The van der Waals surface area contributed by atoms with Gasteiger partial charge in [-0.25, -0.2) is 0 Å². The van der Waals surface area contributed by atoms with Gasteiger partial charge < -0.3 is 4.57 Å². The minimum atomic E-state index is 0.157. The summed E-state index contributed by atoms with van der Waals surface area (Å²) in [5, 5.41) is 2.65. The second-order valence-corrected chi connectivity index (χ2v) is 7.17. The molecule has 0 aliphatic heterocycles. The molecule has 0 bridgehead atoms. The van der Waals surface area contributed by atoms with E-state index in [1.165, 1.54) is 33.1 Å². The van der Waals surface area contributed by atoms with Gasteiger partial charge in [0.15, 0.2) is 0 Å². The topological polar surface area (TPSA) is 4.93 Å². The van der Waals surface area contributed by atoms with Gasteiger partial charge in [0.2, 0.25) is 0 Å². The molecule has 0 unspecified atom stereocenters. The lowest BCUT2D eigenvalue weighted by Crippen LogP contribution is -2.10. The van der Waals surface area contributed by atoms with Gasteiger partial charge in [-0.1, -0.05) is 63.2 Å². The molecular formula is C22H21N. The minimum Gasteiger partial charge on any atom is -0.309 e. The Bertz CT molecular complexity index is 985. The van der Waals surface area contributed by atoms with Crippen molar-refractivity contribution in [3.8, 4) is 5.69 Å². The lowest BCUT2D eigenvalue weighted by Gasteiger charge is -2.19. The number of para-hydroxylation sites is 2. The van der Waals surface area contributed by atoms with E-state index in [9.17, 15) is 0 Å². The van der Waals surface area contributed by atoms with Gasteiger partial charge in [0.05, 0.1) is 11.0 Å². The van der Waals surface area contributed by atoms with Crippen LogP contribution in [0.2, 0.25) is 0 Å². The van der Waals surface area contributed by atoms with Crippen molar-refractivity contribution < 1.29 is 0 Å². The van der Waals surface area contributed by atoms with Gasteiger partial charge in [-0.3, -0.25) is 0 Å². The van der Waals surface area contributed by atoms with Gasteiger partial charge in [-0.2, -0.15) is 0 Å². The first-order chi connectivity index (χ1) is 11.1. The zero-order valence-electron chi connectivity index (χ0n) is 13.9. The second-order valence-electron chi connectivity index (χ2n) is 7.17. The monoisotopic (exact) mass is 299 g/mol. The van der Waals surface area contributed by atoms with E-state index in [4.69, 9.17) is 0 Å². The van der Waals surface area contributed by atoms with Crippen LogP contribution in [0.15, 0.2) is 72.8 Å². The van der Waals surface area contributed by atoms with Gasteiger partial charge >= 0.3 is 0 Å². The van der Waals surface area contributed by atoms with Crippen molar-refractivity contribution in [3.05, 3.63) is 78.4 Å². The quantitative estimate of drug-likeness (QED) is 0.401. The summed E-state index contributed by atoms with van der Waals surface area (Å²) in [6.07, 6.45) is 0. The lowest BCUT2D eigenvalue weighted by molar-refractivity contribution is 0.591. The summed E-state index contributed by atoms with van der Waals surface area (Å²) < 4.78 is 2.36. The fraction of sp³-hybridized carbons (Fsp3) is 0.182. The largest absolute Gasteiger partial charge is 0.309 e. The first-order valence-corrected chi connectivity index (χ1v) is 8.15. The summed E-state index contributed by atoms with van der Waals surface area (Å²) in [6.45, 7) is 6.81. The molecule has 0 amide bonds. The molecule has 4 aromatic rings.